The fraction of sp³-hybridized carbons (Fsp3) is 0.190. The first-order valence-electron chi connectivity index (χ1n) is 8.31. The quantitative estimate of drug-likeness (QED) is 0.522. The maximum absolute atomic E-state index is 12.8. The molecule has 1 heterocycles. The molecule has 3 rings (SSSR count). The second-order valence-corrected chi connectivity index (χ2v) is 6.14. The highest BCUT2D eigenvalue weighted by molar-refractivity contribution is 6.15. The van der Waals surface area contributed by atoms with Gasteiger partial charge in [0.15, 0.2) is 17.1 Å². The molecule has 140 valence electrons. The minimum atomic E-state index is -0.401. The number of carbonyl (C=O) groups is 1. The van der Waals surface area contributed by atoms with E-state index in [2.05, 4.69) is 0 Å². The third-order valence-electron chi connectivity index (χ3n) is 4.29. The molecule has 0 atom stereocenters. The van der Waals surface area contributed by atoms with Gasteiger partial charge in [-0.15, -0.1) is 0 Å². The molecule has 0 saturated carbocycles. The molecule has 3 aromatic rings. The fourth-order valence-corrected chi connectivity index (χ4v) is 2.90. The van der Waals surface area contributed by atoms with Crippen LogP contribution in [0.2, 0.25) is 0 Å². The van der Waals surface area contributed by atoms with Crippen molar-refractivity contribution < 1.29 is 23.8 Å². The van der Waals surface area contributed by atoms with Gasteiger partial charge in [0.05, 0.1) is 25.9 Å². The smallest absolute Gasteiger partial charge is 0.205 e. The monoisotopic (exact) mass is 367 g/mol. The lowest BCUT2D eigenvalue weighted by atomic mass is 10.0. The molecule has 0 bridgehead atoms. The summed E-state index contributed by atoms with van der Waals surface area (Å²) in [5.41, 5.74) is 2.28. The van der Waals surface area contributed by atoms with Gasteiger partial charge in [0, 0.05) is 19.8 Å². The van der Waals surface area contributed by atoms with Gasteiger partial charge in [-0.25, -0.2) is 0 Å². The average molecular weight is 367 g/mol. The number of hydrogen-bond donors (Lipinski definition) is 1. The van der Waals surface area contributed by atoms with Crippen LogP contribution < -0.4 is 14.4 Å². The van der Waals surface area contributed by atoms with Crippen LogP contribution in [-0.2, 0) is 0 Å². The summed E-state index contributed by atoms with van der Waals surface area (Å²) in [5.74, 6) is -0.366. The number of phenolic OH excluding ortho intramolecular Hbond substituents is 1. The van der Waals surface area contributed by atoms with Crippen molar-refractivity contribution in [2.75, 3.05) is 33.2 Å². The summed E-state index contributed by atoms with van der Waals surface area (Å²) in [4.78, 5) is 14.8. The first kappa shape index (κ1) is 18.4. The summed E-state index contributed by atoms with van der Waals surface area (Å²) in [6.45, 7) is 0. The molecular formula is C21H21NO5. The number of allylic oxidation sites excluding steroid dienone is 1. The van der Waals surface area contributed by atoms with E-state index in [0.717, 1.165) is 11.3 Å². The highest BCUT2D eigenvalue weighted by atomic mass is 16.5. The molecule has 1 aromatic heterocycles. The summed E-state index contributed by atoms with van der Waals surface area (Å²) in [6, 6.07) is 9.41. The number of ether oxygens (including phenoxy) is 2. The van der Waals surface area contributed by atoms with E-state index in [1.54, 1.807) is 12.1 Å². The van der Waals surface area contributed by atoms with Crippen molar-refractivity contribution in [3.05, 3.63) is 53.8 Å². The van der Waals surface area contributed by atoms with Crippen LogP contribution in [0.5, 0.6) is 17.2 Å². The molecule has 0 fully saturated rings. The predicted molar refractivity (Wildman–Crippen MR) is 105 cm³/mol. The van der Waals surface area contributed by atoms with Gasteiger partial charge in [0.25, 0.3) is 0 Å². The second kappa shape index (κ2) is 7.45. The Balaban J connectivity index is 2.01. The van der Waals surface area contributed by atoms with Gasteiger partial charge >= 0.3 is 0 Å². The Morgan fingerprint density at radius 1 is 1.07 bits per heavy atom. The van der Waals surface area contributed by atoms with Crippen LogP contribution in [-0.4, -0.2) is 39.2 Å². The molecule has 0 aliphatic carbocycles. The third kappa shape index (κ3) is 3.33. The van der Waals surface area contributed by atoms with Crippen LogP contribution in [0.25, 0.3) is 17.0 Å². The number of aromatic hydroxyl groups is 1. The number of furan rings is 1. The predicted octanol–water partition coefficient (Wildman–Crippen LogP) is 4.12. The van der Waals surface area contributed by atoms with E-state index in [4.69, 9.17) is 13.9 Å². The van der Waals surface area contributed by atoms with Gasteiger partial charge in [0.2, 0.25) is 5.75 Å². The van der Waals surface area contributed by atoms with E-state index in [-0.39, 0.29) is 22.8 Å². The lowest BCUT2D eigenvalue weighted by Gasteiger charge is -2.13. The number of rotatable bonds is 6. The first-order valence-corrected chi connectivity index (χ1v) is 8.31. The second-order valence-electron chi connectivity index (χ2n) is 6.14. The zero-order valence-corrected chi connectivity index (χ0v) is 15.6. The minimum Gasteiger partial charge on any atom is -0.504 e. The van der Waals surface area contributed by atoms with Crippen molar-refractivity contribution in [2.45, 2.75) is 0 Å². The molecule has 0 amide bonds. The number of fused-ring (bicyclic) bond motifs is 1. The van der Waals surface area contributed by atoms with E-state index in [0.29, 0.717) is 11.0 Å². The topological polar surface area (TPSA) is 72.1 Å². The lowest BCUT2D eigenvalue weighted by Crippen LogP contribution is -2.07. The number of phenols is 1. The lowest BCUT2D eigenvalue weighted by molar-refractivity contribution is 0.104. The Bertz CT molecular complexity index is 1000. The molecule has 0 saturated heterocycles. The SMILES string of the molecule is COc1c(C(=O)C=Cc2ccc(N(C)C)cc2)c(O)c(OC)c2occc12. The van der Waals surface area contributed by atoms with Gasteiger partial charge < -0.3 is 23.9 Å². The summed E-state index contributed by atoms with van der Waals surface area (Å²) in [5, 5.41) is 11.1. The van der Waals surface area contributed by atoms with Crippen LogP contribution in [0.1, 0.15) is 15.9 Å². The Morgan fingerprint density at radius 3 is 2.33 bits per heavy atom. The van der Waals surface area contributed by atoms with Crippen LogP contribution in [0.15, 0.2) is 47.1 Å². The van der Waals surface area contributed by atoms with Crippen molar-refractivity contribution in [2.24, 2.45) is 0 Å². The van der Waals surface area contributed by atoms with Crippen LogP contribution >= 0.6 is 0 Å². The van der Waals surface area contributed by atoms with Crippen LogP contribution in [0.3, 0.4) is 0 Å². The largest absolute Gasteiger partial charge is 0.504 e. The summed E-state index contributed by atoms with van der Waals surface area (Å²) in [7, 11) is 6.76. The van der Waals surface area contributed by atoms with Crippen LogP contribution in [0.4, 0.5) is 5.69 Å². The molecule has 0 radical (unpaired) electrons. The maximum Gasteiger partial charge on any atom is 0.205 e. The molecule has 0 unspecified atom stereocenters. The van der Waals surface area contributed by atoms with Crippen molar-refractivity contribution in [1.29, 1.82) is 0 Å². The number of carbonyl (C=O) groups excluding carboxylic acids is 1. The van der Waals surface area contributed by atoms with Gasteiger partial charge in [-0.05, 0) is 29.8 Å². The number of benzene rings is 2. The minimum absolute atomic E-state index is 0.0319. The van der Waals surface area contributed by atoms with Gasteiger partial charge in [-0.2, -0.15) is 0 Å². The van der Waals surface area contributed by atoms with Crippen LogP contribution in [0, 0.1) is 0 Å². The number of anilines is 1. The van der Waals surface area contributed by atoms with E-state index < -0.39 is 5.78 Å². The molecule has 0 aliphatic rings. The van der Waals surface area contributed by atoms with Gasteiger partial charge in [-0.3, -0.25) is 4.79 Å². The molecule has 1 N–H and O–H groups in total. The van der Waals surface area contributed by atoms with Gasteiger partial charge in [-0.1, -0.05) is 18.2 Å². The van der Waals surface area contributed by atoms with Gasteiger partial charge in [0.1, 0.15) is 11.3 Å². The molecule has 27 heavy (non-hydrogen) atoms. The molecule has 6 heteroatoms. The Hall–Kier alpha value is -3.41. The summed E-state index contributed by atoms with van der Waals surface area (Å²) in [6.07, 6.45) is 4.53. The number of hydrogen-bond acceptors (Lipinski definition) is 6. The summed E-state index contributed by atoms with van der Waals surface area (Å²) >= 11 is 0. The molecule has 0 aliphatic heterocycles. The molecular weight excluding hydrogens is 346 g/mol. The van der Waals surface area contributed by atoms with Crippen molar-refractivity contribution >= 4 is 28.5 Å². The summed E-state index contributed by atoms with van der Waals surface area (Å²) < 4.78 is 16.0. The van der Waals surface area contributed by atoms with E-state index in [1.165, 1.54) is 26.6 Å². The highest BCUT2D eigenvalue weighted by Gasteiger charge is 2.26. The van der Waals surface area contributed by atoms with Crippen molar-refractivity contribution in [3.8, 4) is 17.2 Å². The van der Waals surface area contributed by atoms with E-state index >= 15 is 0 Å². The normalized spacial score (nSPS) is 11.1. The maximum atomic E-state index is 12.8. The highest BCUT2D eigenvalue weighted by Crippen LogP contribution is 2.45. The van der Waals surface area contributed by atoms with E-state index in [1.807, 2.05) is 43.3 Å². The zero-order valence-electron chi connectivity index (χ0n) is 15.6. The van der Waals surface area contributed by atoms with Crippen molar-refractivity contribution in [1.82, 2.24) is 0 Å². The number of methoxy groups -OCH3 is 2. The van der Waals surface area contributed by atoms with E-state index in [9.17, 15) is 9.90 Å². The standard InChI is InChI=1S/C21H21NO5/c1-22(2)14-8-5-13(6-9-14)7-10-16(23)17-18(24)21(26-4)20-15(11-12-27-20)19(17)25-3/h5-12,24H,1-4H3. The Labute approximate surface area is 157 Å². The third-order valence-corrected chi connectivity index (χ3v) is 4.29. The first-order chi connectivity index (χ1) is 13.0. The zero-order chi connectivity index (χ0) is 19.6. The van der Waals surface area contributed by atoms with Crippen molar-refractivity contribution in [3.63, 3.8) is 0 Å². The Kier molecular flexibility index (Phi) is 5.07. The number of nitrogens with zero attached hydrogens (tertiary/aromatic N) is 1. The molecule has 0 spiro atoms. The molecule has 6 nitrogen and oxygen atoms in total. The average Bonchev–Trinajstić information content (AvgIpc) is 3.14. The number of ketones is 1. The fourth-order valence-electron chi connectivity index (χ4n) is 2.90. The molecule has 2 aromatic carbocycles. The Morgan fingerprint density at radius 2 is 1.74 bits per heavy atom.